The van der Waals surface area contributed by atoms with E-state index in [1.165, 1.54) is 16.3 Å². The Kier molecular flexibility index (Phi) is 3.26. The Bertz CT molecular complexity index is 729. The van der Waals surface area contributed by atoms with E-state index in [1.807, 2.05) is 12.1 Å². The van der Waals surface area contributed by atoms with E-state index in [9.17, 15) is 0 Å². The first kappa shape index (κ1) is 12.2. The van der Waals surface area contributed by atoms with E-state index in [1.54, 1.807) is 7.11 Å². The van der Waals surface area contributed by atoms with Crippen LogP contribution in [-0.2, 0) is 0 Å². The van der Waals surface area contributed by atoms with E-state index in [0.717, 1.165) is 15.8 Å². The highest BCUT2D eigenvalue weighted by atomic mass is 79.9. The molecule has 3 aromatic rings. The van der Waals surface area contributed by atoms with Gasteiger partial charge in [0.15, 0.2) is 0 Å². The number of hydrogen-bond acceptors (Lipinski definition) is 1. The van der Waals surface area contributed by atoms with Crippen molar-refractivity contribution < 1.29 is 4.74 Å². The van der Waals surface area contributed by atoms with Gasteiger partial charge in [0.1, 0.15) is 5.75 Å². The second-order valence-electron chi connectivity index (χ2n) is 4.35. The SMILES string of the molecule is COc1c(Br)cccc1-c1cccc2ccccc12. The molecule has 0 heterocycles. The van der Waals surface area contributed by atoms with Gasteiger partial charge in [-0.25, -0.2) is 0 Å². The summed E-state index contributed by atoms with van der Waals surface area (Å²) in [7, 11) is 1.70. The van der Waals surface area contributed by atoms with Crippen LogP contribution in [0.25, 0.3) is 21.9 Å². The summed E-state index contributed by atoms with van der Waals surface area (Å²) in [4.78, 5) is 0. The average Bonchev–Trinajstić information content (AvgIpc) is 2.46. The molecule has 0 saturated carbocycles. The lowest BCUT2D eigenvalue weighted by atomic mass is 9.98. The van der Waals surface area contributed by atoms with Crippen LogP contribution in [0.4, 0.5) is 0 Å². The molecule has 94 valence electrons. The first-order valence-electron chi connectivity index (χ1n) is 6.12. The molecule has 0 bridgehead atoms. The molecule has 0 fully saturated rings. The zero-order valence-corrected chi connectivity index (χ0v) is 12.1. The summed E-state index contributed by atoms with van der Waals surface area (Å²) in [5, 5.41) is 2.48. The predicted molar refractivity (Wildman–Crippen MR) is 83.6 cm³/mol. The van der Waals surface area contributed by atoms with Gasteiger partial charge in [0.25, 0.3) is 0 Å². The van der Waals surface area contributed by atoms with Crippen LogP contribution < -0.4 is 4.74 Å². The Balaban J connectivity index is 2.34. The fourth-order valence-corrected chi connectivity index (χ4v) is 2.92. The smallest absolute Gasteiger partial charge is 0.140 e. The highest BCUT2D eigenvalue weighted by Crippen LogP contribution is 2.39. The third-order valence-electron chi connectivity index (χ3n) is 3.25. The normalized spacial score (nSPS) is 10.6. The van der Waals surface area contributed by atoms with Crippen molar-refractivity contribution in [3.63, 3.8) is 0 Å². The molecule has 3 aromatic carbocycles. The highest BCUT2D eigenvalue weighted by Gasteiger charge is 2.11. The molecule has 0 saturated heterocycles. The largest absolute Gasteiger partial charge is 0.495 e. The lowest BCUT2D eigenvalue weighted by Gasteiger charge is -2.12. The summed E-state index contributed by atoms with van der Waals surface area (Å²) in [5.41, 5.74) is 2.30. The van der Waals surface area contributed by atoms with Crippen LogP contribution in [0.15, 0.2) is 65.1 Å². The maximum absolute atomic E-state index is 5.53. The molecule has 1 nitrogen and oxygen atoms in total. The maximum Gasteiger partial charge on any atom is 0.140 e. The second-order valence-corrected chi connectivity index (χ2v) is 5.20. The van der Waals surface area contributed by atoms with Crippen LogP contribution in [0.3, 0.4) is 0 Å². The number of methoxy groups -OCH3 is 1. The van der Waals surface area contributed by atoms with Gasteiger partial charge >= 0.3 is 0 Å². The van der Waals surface area contributed by atoms with Gasteiger partial charge in [0.05, 0.1) is 11.6 Å². The first-order valence-corrected chi connectivity index (χ1v) is 6.91. The van der Waals surface area contributed by atoms with Gasteiger partial charge in [-0.3, -0.25) is 0 Å². The van der Waals surface area contributed by atoms with Crippen molar-refractivity contribution in [3.8, 4) is 16.9 Å². The van der Waals surface area contributed by atoms with Crippen molar-refractivity contribution >= 4 is 26.7 Å². The van der Waals surface area contributed by atoms with Crippen molar-refractivity contribution in [1.29, 1.82) is 0 Å². The van der Waals surface area contributed by atoms with Crippen molar-refractivity contribution in [2.45, 2.75) is 0 Å². The van der Waals surface area contributed by atoms with E-state index in [0.29, 0.717) is 0 Å². The lowest BCUT2D eigenvalue weighted by molar-refractivity contribution is 0.414. The molecule has 0 aliphatic carbocycles. The molecule has 2 heteroatoms. The quantitative estimate of drug-likeness (QED) is 0.625. The minimum absolute atomic E-state index is 0.874. The zero-order valence-electron chi connectivity index (χ0n) is 10.6. The van der Waals surface area contributed by atoms with E-state index >= 15 is 0 Å². The highest BCUT2D eigenvalue weighted by molar-refractivity contribution is 9.10. The van der Waals surface area contributed by atoms with Gasteiger partial charge in [0, 0.05) is 5.56 Å². The minimum atomic E-state index is 0.874. The van der Waals surface area contributed by atoms with Gasteiger partial charge in [-0.15, -0.1) is 0 Å². The lowest BCUT2D eigenvalue weighted by Crippen LogP contribution is -1.90. The Labute approximate surface area is 121 Å². The summed E-state index contributed by atoms with van der Waals surface area (Å²) < 4.78 is 6.51. The molecule has 0 aliphatic heterocycles. The monoisotopic (exact) mass is 312 g/mol. The molecule has 3 rings (SSSR count). The van der Waals surface area contributed by atoms with Gasteiger partial charge in [-0.05, 0) is 38.3 Å². The Morgan fingerprint density at radius 2 is 1.47 bits per heavy atom. The fourth-order valence-electron chi connectivity index (χ4n) is 2.39. The number of benzene rings is 3. The number of halogens is 1. The van der Waals surface area contributed by atoms with Gasteiger partial charge in [-0.1, -0.05) is 54.6 Å². The Hall–Kier alpha value is -1.80. The number of hydrogen-bond donors (Lipinski definition) is 0. The number of para-hydroxylation sites is 1. The number of ether oxygens (including phenoxy) is 1. The van der Waals surface area contributed by atoms with Crippen LogP contribution in [0.2, 0.25) is 0 Å². The van der Waals surface area contributed by atoms with Crippen LogP contribution >= 0.6 is 15.9 Å². The summed E-state index contributed by atoms with van der Waals surface area (Å²) in [6, 6.07) is 20.9. The van der Waals surface area contributed by atoms with Crippen molar-refractivity contribution in [2.24, 2.45) is 0 Å². The molecule has 0 N–H and O–H groups in total. The molecule has 0 radical (unpaired) electrons. The van der Waals surface area contributed by atoms with E-state index in [-0.39, 0.29) is 0 Å². The van der Waals surface area contributed by atoms with Crippen molar-refractivity contribution in [2.75, 3.05) is 7.11 Å². The van der Waals surface area contributed by atoms with Gasteiger partial charge in [0.2, 0.25) is 0 Å². The van der Waals surface area contributed by atoms with Crippen LogP contribution in [0.1, 0.15) is 0 Å². The first-order chi connectivity index (χ1) is 9.31. The standard InChI is InChI=1S/C17H13BrO/c1-19-17-15(10-5-11-16(17)18)14-9-4-7-12-6-2-3-8-13(12)14/h2-11H,1H3. The molecular formula is C17H13BrO. The number of fused-ring (bicyclic) bond motifs is 1. The van der Waals surface area contributed by atoms with Crippen molar-refractivity contribution in [1.82, 2.24) is 0 Å². The molecule has 0 aliphatic rings. The predicted octanol–water partition coefficient (Wildman–Crippen LogP) is 5.28. The maximum atomic E-state index is 5.53. The summed E-state index contributed by atoms with van der Waals surface area (Å²) >= 11 is 3.54. The summed E-state index contributed by atoms with van der Waals surface area (Å²) in [5.74, 6) is 0.874. The Morgan fingerprint density at radius 1 is 0.789 bits per heavy atom. The van der Waals surface area contributed by atoms with Crippen LogP contribution in [0.5, 0.6) is 5.75 Å². The van der Waals surface area contributed by atoms with E-state index in [2.05, 4.69) is 64.5 Å². The van der Waals surface area contributed by atoms with E-state index in [4.69, 9.17) is 4.74 Å². The average molecular weight is 313 g/mol. The molecular weight excluding hydrogens is 300 g/mol. The molecule has 0 spiro atoms. The third kappa shape index (κ3) is 2.13. The molecule has 0 unspecified atom stereocenters. The van der Waals surface area contributed by atoms with Crippen molar-refractivity contribution in [3.05, 3.63) is 65.1 Å². The minimum Gasteiger partial charge on any atom is -0.495 e. The topological polar surface area (TPSA) is 9.23 Å². The summed E-state index contributed by atoms with van der Waals surface area (Å²) in [6.07, 6.45) is 0. The van der Waals surface area contributed by atoms with Crippen LogP contribution in [0, 0.1) is 0 Å². The second kappa shape index (κ2) is 5.06. The Morgan fingerprint density at radius 3 is 2.32 bits per heavy atom. The number of rotatable bonds is 2. The molecule has 19 heavy (non-hydrogen) atoms. The fraction of sp³-hybridized carbons (Fsp3) is 0.0588. The van der Waals surface area contributed by atoms with Crippen LogP contribution in [-0.4, -0.2) is 7.11 Å². The molecule has 0 amide bonds. The van der Waals surface area contributed by atoms with E-state index < -0.39 is 0 Å². The van der Waals surface area contributed by atoms with Gasteiger partial charge < -0.3 is 4.74 Å². The van der Waals surface area contributed by atoms with Gasteiger partial charge in [-0.2, -0.15) is 0 Å². The molecule has 0 atom stereocenters. The summed E-state index contributed by atoms with van der Waals surface area (Å²) in [6.45, 7) is 0. The zero-order chi connectivity index (χ0) is 13.2. The third-order valence-corrected chi connectivity index (χ3v) is 3.88. The molecule has 0 aromatic heterocycles.